The first-order chi connectivity index (χ1) is 14.0. The van der Waals surface area contributed by atoms with Crippen molar-refractivity contribution in [3.05, 3.63) is 34.3 Å². The van der Waals surface area contributed by atoms with Crippen LogP contribution in [0.3, 0.4) is 0 Å². The quantitative estimate of drug-likeness (QED) is 0.564. The van der Waals surface area contributed by atoms with Gasteiger partial charge in [0.05, 0.1) is 12.5 Å². The van der Waals surface area contributed by atoms with Crippen LogP contribution in [0.1, 0.15) is 71.6 Å². The second-order valence-electron chi connectivity index (χ2n) is 8.97. The van der Waals surface area contributed by atoms with E-state index >= 15 is 0 Å². The molecule has 2 N–H and O–H groups in total. The Morgan fingerprint density at radius 3 is 2.72 bits per heavy atom. The van der Waals surface area contributed by atoms with Crippen molar-refractivity contribution in [2.24, 2.45) is 23.5 Å². The van der Waals surface area contributed by atoms with Gasteiger partial charge in [-0.25, -0.2) is 0 Å². The Hall–Kier alpha value is -2.04. The largest absolute Gasteiger partial charge is 0.493 e. The lowest BCUT2D eigenvalue weighted by molar-refractivity contribution is -0.146. The molecule has 3 atom stereocenters. The number of carbonyl (C=O) groups excluding carboxylic acids is 2. The van der Waals surface area contributed by atoms with Crippen LogP contribution < -0.4 is 5.73 Å². The SMILES string of the molecule is CCOC(=O)[C@H]1CC2=C(CCC(C)=C1N)O[C@@H]1CC=C(C3CCCC3)C[C@@H]1C2=O. The summed E-state index contributed by atoms with van der Waals surface area (Å²) in [5.74, 6) is 0.519. The van der Waals surface area contributed by atoms with Crippen molar-refractivity contribution < 1.29 is 19.1 Å². The van der Waals surface area contributed by atoms with Crippen LogP contribution in [-0.4, -0.2) is 24.5 Å². The third kappa shape index (κ3) is 3.88. The Morgan fingerprint density at radius 2 is 2.00 bits per heavy atom. The minimum atomic E-state index is -0.599. The number of hydrogen-bond acceptors (Lipinski definition) is 5. The topological polar surface area (TPSA) is 78.6 Å². The highest BCUT2D eigenvalue weighted by Gasteiger charge is 2.43. The molecule has 0 aromatic carbocycles. The summed E-state index contributed by atoms with van der Waals surface area (Å²) in [6.07, 6.45) is 10.6. The van der Waals surface area contributed by atoms with Gasteiger partial charge >= 0.3 is 5.97 Å². The minimum Gasteiger partial charge on any atom is -0.493 e. The van der Waals surface area contributed by atoms with Gasteiger partial charge in [-0.2, -0.15) is 0 Å². The van der Waals surface area contributed by atoms with E-state index in [1.54, 1.807) is 6.92 Å². The van der Waals surface area contributed by atoms with Crippen molar-refractivity contribution in [2.45, 2.75) is 77.7 Å². The fourth-order valence-electron chi connectivity index (χ4n) is 5.47. The molecule has 0 spiro atoms. The van der Waals surface area contributed by atoms with E-state index in [0.29, 0.717) is 43.1 Å². The maximum atomic E-state index is 13.6. The summed E-state index contributed by atoms with van der Waals surface area (Å²) in [7, 11) is 0. The second-order valence-corrected chi connectivity index (χ2v) is 8.97. The number of esters is 1. The summed E-state index contributed by atoms with van der Waals surface area (Å²) < 4.78 is 11.6. The number of hydrogen-bond donors (Lipinski definition) is 1. The standard InChI is InChI=1S/C24H33NO4/c1-3-28-24(27)19-13-18-20(10-8-14(2)22(19)25)29-21-11-9-16(12-17(21)23(18)26)15-6-4-5-7-15/h9,15,17,19,21H,3-8,10-13,25H2,1-2H3/t17-,19-,21+/m0/s1. The van der Waals surface area contributed by atoms with Gasteiger partial charge in [0, 0.05) is 24.1 Å². The molecule has 0 amide bonds. The molecule has 4 aliphatic rings. The van der Waals surface area contributed by atoms with Crippen molar-refractivity contribution >= 4 is 11.8 Å². The lowest BCUT2D eigenvalue weighted by Gasteiger charge is -2.39. The lowest BCUT2D eigenvalue weighted by Crippen LogP contribution is -2.41. The van der Waals surface area contributed by atoms with Crippen LogP contribution in [0.4, 0.5) is 0 Å². The molecule has 5 nitrogen and oxygen atoms in total. The highest BCUT2D eigenvalue weighted by atomic mass is 16.5. The molecule has 1 saturated carbocycles. The van der Waals surface area contributed by atoms with Gasteiger partial charge in [-0.3, -0.25) is 9.59 Å². The molecule has 0 unspecified atom stereocenters. The molecule has 0 aromatic heterocycles. The van der Waals surface area contributed by atoms with Crippen LogP contribution >= 0.6 is 0 Å². The van der Waals surface area contributed by atoms with E-state index in [1.165, 1.54) is 31.3 Å². The van der Waals surface area contributed by atoms with Crippen molar-refractivity contribution in [1.82, 2.24) is 0 Å². The Balaban J connectivity index is 1.58. The van der Waals surface area contributed by atoms with Gasteiger partial charge < -0.3 is 15.2 Å². The minimum absolute atomic E-state index is 0.0616. The molecule has 29 heavy (non-hydrogen) atoms. The molecule has 0 aromatic rings. The molecule has 3 aliphatic carbocycles. The summed E-state index contributed by atoms with van der Waals surface area (Å²) in [5, 5.41) is 0. The van der Waals surface area contributed by atoms with Crippen LogP contribution in [0.5, 0.6) is 0 Å². The monoisotopic (exact) mass is 399 g/mol. The molecular weight excluding hydrogens is 366 g/mol. The highest BCUT2D eigenvalue weighted by Crippen LogP contribution is 2.44. The zero-order valence-corrected chi connectivity index (χ0v) is 17.7. The average molecular weight is 400 g/mol. The first-order valence-electron chi connectivity index (χ1n) is 11.2. The fraction of sp³-hybridized carbons (Fsp3) is 0.667. The predicted octanol–water partition coefficient (Wildman–Crippen LogP) is 4.33. The van der Waals surface area contributed by atoms with E-state index < -0.39 is 5.92 Å². The van der Waals surface area contributed by atoms with Gasteiger partial charge in [-0.15, -0.1) is 0 Å². The molecule has 1 fully saturated rings. The zero-order valence-electron chi connectivity index (χ0n) is 17.7. The molecule has 158 valence electrons. The number of carbonyl (C=O) groups is 2. The normalized spacial score (nSPS) is 30.8. The average Bonchev–Trinajstić information content (AvgIpc) is 3.25. The smallest absolute Gasteiger partial charge is 0.315 e. The van der Waals surface area contributed by atoms with Gasteiger partial charge in [-0.05, 0) is 51.9 Å². The molecule has 4 rings (SSSR count). The van der Waals surface area contributed by atoms with Crippen molar-refractivity contribution in [2.75, 3.05) is 6.61 Å². The first kappa shape index (κ1) is 20.2. The zero-order chi connectivity index (χ0) is 20.5. The Morgan fingerprint density at radius 1 is 1.24 bits per heavy atom. The summed E-state index contributed by atoms with van der Waals surface area (Å²) in [5.41, 5.74) is 9.99. The van der Waals surface area contributed by atoms with E-state index in [2.05, 4.69) is 6.08 Å². The molecular formula is C24H33NO4. The maximum absolute atomic E-state index is 13.6. The molecule has 1 aliphatic heterocycles. The van der Waals surface area contributed by atoms with Crippen LogP contribution in [-0.2, 0) is 19.1 Å². The van der Waals surface area contributed by atoms with Crippen LogP contribution in [0.25, 0.3) is 0 Å². The van der Waals surface area contributed by atoms with E-state index in [9.17, 15) is 9.59 Å². The van der Waals surface area contributed by atoms with E-state index in [4.69, 9.17) is 15.2 Å². The highest BCUT2D eigenvalue weighted by molar-refractivity contribution is 6.00. The summed E-state index contributed by atoms with van der Waals surface area (Å²) in [6, 6.07) is 0. The van der Waals surface area contributed by atoms with Crippen LogP contribution in [0, 0.1) is 17.8 Å². The third-order valence-electron chi connectivity index (χ3n) is 7.24. The molecule has 1 heterocycles. The van der Waals surface area contributed by atoms with Crippen molar-refractivity contribution in [3.8, 4) is 0 Å². The Bertz CT molecular complexity index is 785. The maximum Gasteiger partial charge on any atom is 0.315 e. The molecule has 0 radical (unpaired) electrons. The number of allylic oxidation sites excluding steroid dienone is 4. The molecule has 5 heteroatoms. The Labute approximate surface area is 173 Å². The van der Waals surface area contributed by atoms with Gasteiger partial charge in [0.15, 0.2) is 5.78 Å². The van der Waals surface area contributed by atoms with Crippen LogP contribution in [0.15, 0.2) is 34.3 Å². The lowest BCUT2D eigenvalue weighted by atomic mass is 9.73. The van der Waals surface area contributed by atoms with E-state index in [0.717, 1.165) is 24.2 Å². The van der Waals surface area contributed by atoms with E-state index in [1.807, 2.05) is 6.92 Å². The number of ketones is 1. The van der Waals surface area contributed by atoms with Crippen molar-refractivity contribution in [3.63, 3.8) is 0 Å². The third-order valence-corrected chi connectivity index (χ3v) is 7.24. The second kappa shape index (κ2) is 8.37. The van der Waals surface area contributed by atoms with Gasteiger partial charge in [0.2, 0.25) is 0 Å². The van der Waals surface area contributed by atoms with Crippen LogP contribution in [0.2, 0.25) is 0 Å². The fourth-order valence-corrected chi connectivity index (χ4v) is 5.47. The molecule has 0 saturated heterocycles. The summed E-state index contributed by atoms with van der Waals surface area (Å²) in [4.78, 5) is 26.1. The van der Waals surface area contributed by atoms with Gasteiger partial charge in [0.25, 0.3) is 0 Å². The summed E-state index contributed by atoms with van der Waals surface area (Å²) in [6.45, 7) is 4.05. The predicted molar refractivity (Wildman–Crippen MR) is 111 cm³/mol. The van der Waals surface area contributed by atoms with E-state index in [-0.39, 0.29) is 23.8 Å². The number of fused-ring (bicyclic) bond motifs is 1. The summed E-state index contributed by atoms with van der Waals surface area (Å²) >= 11 is 0. The molecule has 0 bridgehead atoms. The number of nitrogens with two attached hydrogens (primary N) is 1. The Kier molecular flexibility index (Phi) is 5.84. The van der Waals surface area contributed by atoms with Gasteiger partial charge in [0.1, 0.15) is 17.8 Å². The number of Topliss-reactive ketones (excluding diaryl/α,β-unsaturated/α-hetero) is 1. The van der Waals surface area contributed by atoms with Gasteiger partial charge in [-0.1, -0.05) is 30.1 Å². The van der Waals surface area contributed by atoms with Crippen molar-refractivity contribution in [1.29, 1.82) is 0 Å². The number of rotatable bonds is 3. The number of ether oxygens (including phenoxy) is 2. The first-order valence-corrected chi connectivity index (χ1v) is 11.2.